The summed E-state index contributed by atoms with van der Waals surface area (Å²) in [6, 6.07) is 5.72. The number of hydrogen-bond donors (Lipinski definition) is 1. The fraction of sp³-hybridized carbons (Fsp3) is 0.500. The van der Waals surface area contributed by atoms with E-state index < -0.39 is 5.97 Å². The van der Waals surface area contributed by atoms with Crippen molar-refractivity contribution < 1.29 is 23.8 Å². The zero-order chi connectivity index (χ0) is 16.1. The van der Waals surface area contributed by atoms with Gasteiger partial charge in [-0.05, 0) is 30.5 Å². The number of nitrogens with zero attached hydrogens (tertiary/aromatic N) is 1. The van der Waals surface area contributed by atoms with Gasteiger partial charge >= 0.3 is 5.97 Å². The Morgan fingerprint density at radius 3 is 2.64 bits per heavy atom. The van der Waals surface area contributed by atoms with E-state index in [1.165, 1.54) is 12.1 Å². The summed E-state index contributed by atoms with van der Waals surface area (Å²) in [6.45, 7) is 0.427. The van der Waals surface area contributed by atoms with Crippen LogP contribution in [0.2, 0.25) is 0 Å². The summed E-state index contributed by atoms with van der Waals surface area (Å²) in [6.07, 6.45) is 1.15. The first-order valence-corrected chi connectivity index (χ1v) is 7.28. The largest absolute Gasteiger partial charge is 0.481 e. The molecule has 0 aromatic heterocycles. The number of halogens is 1. The highest BCUT2D eigenvalue weighted by Gasteiger charge is 2.36. The molecule has 1 N–H and O–H groups in total. The monoisotopic (exact) mass is 309 g/mol. The number of ether oxygens (including phenoxy) is 1. The predicted octanol–water partition coefficient (Wildman–Crippen LogP) is 1.85. The van der Waals surface area contributed by atoms with E-state index >= 15 is 0 Å². The molecular formula is C16H20FNO4. The Morgan fingerprint density at radius 1 is 1.36 bits per heavy atom. The van der Waals surface area contributed by atoms with Crippen molar-refractivity contribution in [1.82, 2.24) is 4.90 Å². The second kappa shape index (κ2) is 7.35. The van der Waals surface area contributed by atoms with Crippen LogP contribution in [0.5, 0.6) is 0 Å². The van der Waals surface area contributed by atoms with Gasteiger partial charge in [0.2, 0.25) is 5.91 Å². The van der Waals surface area contributed by atoms with Crippen molar-refractivity contribution in [2.75, 3.05) is 13.7 Å². The standard InChI is InChI=1S/C16H20FNO4/c1-22-14-8-13(9-16(20)21)18(10-14)15(19)7-4-11-2-5-12(17)6-3-11/h2-3,5-6,13-14H,4,7-10H2,1H3,(H,20,21). The van der Waals surface area contributed by atoms with Gasteiger partial charge in [-0.25, -0.2) is 4.39 Å². The molecule has 120 valence electrons. The zero-order valence-corrected chi connectivity index (χ0v) is 12.5. The number of rotatable bonds is 6. The van der Waals surface area contributed by atoms with Gasteiger partial charge < -0.3 is 14.7 Å². The van der Waals surface area contributed by atoms with Gasteiger partial charge in [-0.2, -0.15) is 0 Å². The molecular weight excluding hydrogens is 289 g/mol. The van der Waals surface area contributed by atoms with Crippen LogP contribution in [0.25, 0.3) is 0 Å². The lowest BCUT2D eigenvalue weighted by Crippen LogP contribution is -2.37. The average Bonchev–Trinajstić information content (AvgIpc) is 2.88. The van der Waals surface area contributed by atoms with Crippen LogP contribution in [0.15, 0.2) is 24.3 Å². The van der Waals surface area contributed by atoms with Gasteiger partial charge in [0, 0.05) is 26.1 Å². The number of likely N-dealkylation sites (tertiary alicyclic amines) is 1. The third-order valence-electron chi connectivity index (χ3n) is 3.98. The van der Waals surface area contributed by atoms with Gasteiger partial charge in [0.25, 0.3) is 0 Å². The molecule has 2 unspecified atom stereocenters. The fourth-order valence-corrected chi connectivity index (χ4v) is 2.79. The van der Waals surface area contributed by atoms with Gasteiger partial charge in [-0.15, -0.1) is 0 Å². The summed E-state index contributed by atoms with van der Waals surface area (Å²) >= 11 is 0. The third-order valence-corrected chi connectivity index (χ3v) is 3.98. The van der Waals surface area contributed by atoms with Crippen LogP contribution in [-0.2, 0) is 20.7 Å². The Bertz CT molecular complexity index is 531. The Hall–Kier alpha value is -1.95. The molecule has 6 heteroatoms. The van der Waals surface area contributed by atoms with Crippen LogP contribution >= 0.6 is 0 Å². The molecule has 5 nitrogen and oxygen atoms in total. The second-order valence-corrected chi connectivity index (χ2v) is 5.52. The average molecular weight is 309 g/mol. The van der Waals surface area contributed by atoms with Gasteiger partial charge in [-0.1, -0.05) is 12.1 Å². The van der Waals surface area contributed by atoms with E-state index in [4.69, 9.17) is 9.84 Å². The summed E-state index contributed by atoms with van der Waals surface area (Å²) in [5, 5.41) is 8.95. The fourth-order valence-electron chi connectivity index (χ4n) is 2.79. The van der Waals surface area contributed by atoms with E-state index in [0.29, 0.717) is 19.4 Å². The number of hydrogen-bond acceptors (Lipinski definition) is 3. The van der Waals surface area contributed by atoms with Crippen LogP contribution in [0.1, 0.15) is 24.8 Å². The van der Waals surface area contributed by atoms with Crippen LogP contribution in [0, 0.1) is 5.82 Å². The van der Waals surface area contributed by atoms with Gasteiger partial charge in [0.15, 0.2) is 0 Å². The smallest absolute Gasteiger partial charge is 0.305 e. The van der Waals surface area contributed by atoms with Crippen LogP contribution in [0.3, 0.4) is 0 Å². The first-order chi connectivity index (χ1) is 10.5. The Morgan fingerprint density at radius 2 is 2.05 bits per heavy atom. The molecule has 0 spiro atoms. The number of carboxylic acids is 1. The molecule has 0 saturated carbocycles. The summed E-state index contributed by atoms with van der Waals surface area (Å²) in [4.78, 5) is 24.9. The van der Waals surface area contributed by atoms with Crippen molar-refractivity contribution in [1.29, 1.82) is 0 Å². The van der Waals surface area contributed by atoms with E-state index in [1.54, 1.807) is 24.1 Å². The molecule has 0 bridgehead atoms. The molecule has 22 heavy (non-hydrogen) atoms. The van der Waals surface area contributed by atoms with Gasteiger partial charge in [0.1, 0.15) is 5.82 Å². The molecule has 1 aromatic rings. The Labute approximate surface area is 128 Å². The minimum Gasteiger partial charge on any atom is -0.481 e. The number of methoxy groups -OCH3 is 1. The van der Waals surface area contributed by atoms with Gasteiger partial charge in [-0.3, -0.25) is 9.59 Å². The maximum atomic E-state index is 12.8. The van der Waals surface area contributed by atoms with Crippen molar-refractivity contribution in [2.24, 2.45) is 0 Å². The molecule has 0 aliphatic carbocycles. The third kappa shape index (κ3) is 4.27. The number of benzene rings is 1. The molecule has 2 rings (SSSR count). The molecule has 1 amide bonds. The van der Waals surface area contributed by atoms with E-state index in [2.05, 4.69) is 0 Å². The maximum Gasteiger partial charge on any atom is 0.305 e. The number of aryl methyl sites for hydroxylation is 1. The molecule has 1 saturated heterocycles. The van der Waals surface area contributed by atoms with E-state index in [1.807, 2.05) is 0 Å². The molecule has 1 aliphatic heterocycles. The van der Waals surface area contributed by atoms with Crippen molar-refractivity contribution in [3.05, 3.63) is 35.6 Å². The van der Waals surface area contributed by atoms with Crippen molar-refractivity contribution in [2.45, 2.75) is 37.8 Å². The topological polar surface area (TPSA) is 66.8 Å². The lowest BCUT2D eigenvalue weighted by atomic mass is 10.1. The van der Waals surface area contributed by atoms with Crippen LogP contribution in [0.4, 0.5) is 4.39 Å². The maximum absolute atomic E-state index is 12.8. The van der Waals surface area contributed by atoms with Crippen LogP contribution < -0.4 is 0 Å². The number of carbonyl (C=O) groups excluding carboxylic acids is 1. The number of carbonyl (C=O) groups is 2. The summed E-state index contributed by atoms with van der Waals surface area (Å²) in [7, 11) is 1.56. The molecule has 0 radical (unpaired) electrons. The van der Waals surface area contributed by atoms with Crippen LogP contribution in [-0.4, -0.2) is 47.7 Å². The summed E-state index contributed by atoms with van der Waals surface area (Å²) in [5.74, 6) is -1.31. The second-order valence-electron chi connectivity index (χ2n) is 5.52. The Balaban J connectivity index is 1.94. The molecule has 1 aliphatic rings. The Kier molecular flexibility index (Phi) is 5.49. The first-order valence-electron chi connectivity index (χ1n) is 7.28. The zero-order valence-electron chi connectivity index (χ0n) is 12.5. The number of aliphatic carboxylic acids is 1. The first kappa shape index (κ1) is 16.4. The lowest BCUT2D eigenvalue weighted by molar-refractivity contribution is -0.139. The van der Waals surface area contributed by atoms with E-state index in [9.17, 15) is 14.0 Å². The van der Waals surface area contributed by atoms with Crippen molar-refractivity contribution in [3.8, 4) is 0 Å². The number of carboxylic acid groups (broad SMARTS) is 1. The molecule has 1 aromatic carbocycles. The predicted molar refractivity (Wildman–Crippen MR) is 77.9 cm³/mol. The highest BCUT2D eigenvalue weighted by Crippen LogP contribution is 2.24. The normalized spacial score (nSPS) is 21.1. The van der Waals surface area contributed by atoms with Crippen molar-refractivity contribution >= 4 is 11.9 Å². The van der Waals surface area contributed by atoms with E-state index in [-0.39, 0.29) is 36.7 Å². The minimum absolute atomic E-state index is 0.0673. The lowest BCUT2D eigenvalue weighted by Gasteiger charge is -2.23. The molecule has 2 atom stereocenters. The van der Waals surface area contributed by atoms with E-state index in [0.717, 1.165) is 5.56 Å². The molecule has 1 fully saturated rings. The summed E-state index contributed by atoms with van der Waals surface area (Å²) < 4.78 is 18.1. The number of amides is 1. The quantitative estimate of drug-likeness (QED) is 0.871. The minimum atomic E-state index is -0.918. The molecule has 1 heterocycles. The van der Waals surface area contributed by atoms with Gasteiger partial charge in [0.05, 0.1) is 12.5 Å². The van der Waals surface area contributed by atoms with Crippen molar-refractivity contribution in [3.63, 3.8) is 0 Å². The highest BCUT2D eigenvalue weighted by molar-refractivity contribution is 5.78. The SMILES string of the molecule is COC1CC(CC(=O)O)N(C(=O)CCc2ccc(F)cc2)C1. The highest BCUT2D eigenvalue weighted by atomic mass is 19.1. The summed E-state index contributed by atoms with van der Waals surface area (Å²) in [5.41, 5.74) is 0.882.